The van der Waals surface area contributed by atoms with Crippen LogP contribution < -0.4 is 11.1 Å². The second kappa shape index (κ2) is 11.1. The van der Waals surface area contributed by atoms with E-state index in [1.54, 1.807) is 0 Å². The molecule has 3 aromatic carbocycles. The maximum Gasteiger partial charge on any atom is 0.204 e. The summed E-state index contributed by atoms with van der Waals surface area (Å²) in [7, 11) is 0. The van der Waals surface area contributed by atoms with Crippen molar-refractivity contribution in [3.63, 3.8) is 0 Å². The third kappa shape index (κ3) is 4.89. The van der Waals surface area contributed by atoms with E-state index in [1.807, 2.05) is 37.3 Å². The fraction of sp³-hybridized carbons (Fsp3) is 0.200. The first kappa shape index (κ1) is 26.1. The molecule has 6 N–H and O–H groups in total. The number of aliphatic hydroxyl groups excluding tert-OH is 2. The Morgan fingerprint density at radius 1 is 1.10 bits per heavy atom. The van der Waals surface area contributed by atoms with Crippen molar-refractivity contribution in [1.82, 2.24) is 14.5 Å². The number of aryl methyl sites for hydroxylation is 2. The number of imidazole rings is 1. The molecule has 6 rings (SSSR count). The lowest BCUT2D eigenvalue weighted by molar-refractivity contribution is -0.106. The summed E-state index contributed by atoms with van der Waals surface area (Å²) in [5.41, 5.74) is 11.7. The zero-order chi connectivity index (χ0) is 27.5. The van der Waals surface area contributed by atoms with Crippen molar-refractivity contribution in [3.05, 3.63) is 83.4 Å². The Kier molecular flexibility index (Phi) is 7.44. The van der Waals surface area contributed by atoms with Crippen LogP contribution in [0, 0.1) is 6.92 Å². The minimum absolute atomic E-state index is 0.135. The quantitative estimate of drug-likeness (QED) is 0.206. The zero-order valence-electron chi connectivity index (χ0n) is 21.5. The van der Waals surface area contributed by atoms with Crippen molar-refractivity contribution in [1.29, 1.82) is 0 Å². The van der Waals surface area contributed by atoms with E-state index in [2.05, 4.69) is 50.9 Å². The van der Waals surface area contributed by atoms with Crippen LogP contribution >= 0.6 is 0 Å². The van der Waals surface area contributed by atoms with Crippen LogP contribution in [0.1, 0.15) is 23.4 Å². The van der Waals surface area contributed by atoms with Crippen molar-refractivity contribution >= 4 is 40.0 Å². The Morgan fingerprint density at radius 2 is 1.85 bits per heavy atom. The summed E-state index contributed by atoms with van der Waals surface area (Å²) < 4.78 is 16.1. The van der Waals surface area contributed by atoms with Crippen molar-refractivity contribution in [2.45, 2.75) is 25.8 Å². The van der Waals surface area contributed by atoms with Crippen LogP contribution in [0.15, 0.2) is 66.5 Å². The fourth-order valence-electron chi connectivity index (χ4n) is 5.09. The second-order valence-electron chi connectivity index (χ2n) is 9.43. The minimum atomic E-state index is -0.437. The number of aromatic amines is 1. The maximum absolute atomic E-state index is 13.9. The van der Waals surface area contributed by atoms with E-state index in [-0.39, 0.29) is 25.5 Å². The van der Waals surface area contributed by atoms with E-state index in [9.17, 15) is 14.6 Å². The number of fused-ring (bicyclic) bond motifs is 4. The fourth-order valence-corrected chi connectivity index (χ4v) is 5.09. The van der Waals surface area contributed by atoms with Gasteiger partial charge in [-0.15, -0.1) is 0 Å². The highest BCUT2D eigenvalue weighted by molar-refractivity contribution is 6.15. The number of amides is 1. The van der Waals surface area contributed by atoms with Crippen molar-refractivity contribution in [3.8, 4) is 17.1 Å². The summed E-state index contributed by atoms with van der Waals surface area (Å²) in [6.07, 6.45) is 2.79. The van der Waals surface area contributed by atoms with Gasteiger partial charge in [0.15, 0.2) is 0 Å². The number of benzene rings is 3. The van der Waals surface area contributed by atoms with Gasteiger partial charge in [-0.1, -0.05) is 36.4 Å². The Bertz CT molecular complexity index is 1680. The zero-order valence-corrected chi connectivity index (χ0v) is 21.5. The highest BCUT2D eigenvalue weighted by Gasteiger charge is 2.21. The number of carbonyl (C=O) groups excluding carboxylic acids is 1. The predicted octanol–water partition coefficient (Wildman–Crippen LogP) is 4.61. The molecule has 9 heteroatoms. The summed E-state index contributed by atoms with van der Waals surface area (Å²) in [5.74, 6) is 0.600. The maximum atomic E-state index is 13.9. The monoisotopic (exact) mass is 527 g/mol. The van der Waals surface area contributed by atoms with Crippen LogP contribution in [0.4, 0.5) is 10.1 Å². The third-order valence-corrected chi connectivity index (χ3v) is 6.95. The molecule has 0 unspecified atom stereocenters. The Labute approximate surface area is 224 Å². The van der Waals surface area contributed by atoms with Gasteiger partial charge in [0.1, 0.15) is 11.7 Å². The van der Waals surface area contributed by atoms with Gasteiger partial charge in [0.2, 0.25) is 6.41 Å². The molecule has 2 heterocycles. The molecule has 0 atom stereocenters. The summed E-state index contributed by atoms with van der Waals surface area (Å²) >= 11 is 0. The molecule has 0 fully saturated rings. The molecule has 0 spiro atoms. The molecule has 1 aliphatic rings. The number of carbonyl (C=O) groups is 1. The van der Waals surface area contributed by atoms with Gasteiger partial charge in [-0.2, -0.15) is 0 Å². The number of rotatable bonds is 6. The van der Waals surface area contributed by atoms with E-state index in [0.29, 0.717) is 18.5 Å². The van der Waals surface area contributed by atoms with Crippen LogP contribution in [0.5, 0.6) is 0 Å². The van der Waals surface area contributed by atoms with Gasteiger partial charge in [0.05, 0.1) is 36.0 Å². The second-order valence-corrected chi connectivity index (χ2v) is 9.43. The summed E-state index contributed by atoms with van der Waals surface area (Å²) in [6.45, 7) is 1.67. The van der Waals surface area contributed by atoms with E-state index >= 15 is 0 Å². The number of nitrogens with one attached hydrogen (secondary N) is 2. The van der Waals surface area contributed by atoms with E-state index in [1.165, 1.54) is 6.08 Å². The molecule has 0 radical (unpaired) electrons. The minimum Gasteiger partial charge on any atom is -0.394 e. The number of H-pyrrole nitrogens is 1. The van der Waals surface area contributed by atoms with Crippen LogP contribution in [-0.2, 0) is 11.2 Å². The Balaban J connectivity index is 0.000000983. The number of para-hydroxylation sites is 1. The number of primary amides is 1. The molecule has 0 saturated heterocycles. The molecule has 0 saturated carbocycles. The number of nitrogens with zero attached hydrogens (tertiary/aromatic N) is 2. The average Bonchev–Trinajstić information content (AvgIpc) is 3.52. The third-order valence-electron chi connectivity index (χ3n) is 6.95. The van der Waals surface area contributed by atoms with Crippen LogP contribution in [0.25, 0.3) is 45.0 Å². The molecule has 0 bridgehead atoms. The van der Waals surface area contributed by atoms with Gasteiger partial charge in [-0.3, -0.25) is 4.79 Å². The highest BCUT2D eigenvalue weighted by atomic mass is 19.1. The number of aromatic nitrogens is 3. The molecule has 1 amide bonds. The molecule has 1 aliphatic carbocycles. The first-order chi connectivity index (χ1) is 19.0. The van der Waals surface area contributed by atoms with Gasteiger partial charge >= 0.3 is 0 Å². The largest absolute Gasteiger partial charge is 0.394 e. The predicted molar refractivity (Wildman–Crippen MR) is 152 cm³/mol. The summed E-state index contributed by atoms with van der Waals surface area (Å²) in [5, 5.41) is 24.6. The van der Waals surface area contributed by atoms with Crippen LogP contribution in [-0.4, -0.2) is 50.4 Å². The van der Waals surface area contributed by atoms with Gasteiger partial charge in [0.25, 0.3) is 0 Å². The molecule has 39 heavy (non-hydrogen) atoms. The van der Waals surface area contributed by atoms with Gasteiger partial charge < -0.3 is 30.8 Å². The average molecular weight is 528 g/mol. The number of aliphatic hydroxyl groups is 2. The SMILES string of the molecule is Cc1ccc(-n2c3ccccc3c3c(-c4nc5c([nH]4)CCC(F)=C5)cccc32)cc1NC(CO)CO.NC=O. The summed E-state index contributed by atoms with van der Waals surface area (Å²) in [6, 6.07) is 20.2. The van der Waals surface area contributed by atoms with E-state index < -0.39 is 6.04 Å². The lowest BCUT2D eigenvalue weighted by atomic mass is 10.1. The molecule has 0 aliphatic heterocycles. The van der Waals surface area contributed by atoms with Crippen molar-refractivity contribution in [2.24, 2.45) is 5.73 Å². The smallest absolute Gasteiger partial charge is 0.204 e. The topological polar surface area (TPSA) is 129 Å². The van der Waals surface area contributed by atoms with Gasteiger partial charge in [-0.05, 0) is 49.2 Å². The summed E-state index contributed by atoms with van der Waals surface area (Å²) in [4.78, 5) is 16.8. The Hall–Kier alpha value is -4.47. The normalized spacial score (nSPS) is 12.7. The van der Waals surface area contributed by atoms with E-state index in [0.717, 1.165) is 55.8 Å². The number of anilines is 1. The Morgan fingerprint density at radius 3 is 2.62 bits per heavy atom. The first-order valence-electron chi connectivity index (χ1n) is 12.7. The number of hydrogen-bond donors (Lipinski definition) is 5. The molecule has 5 aromatic rings. The van der Waals surface area contributed by atoms with E-state index in [4.69, 9.17) is 9.78 Å². The number of nitrogens with two attached hydrogens (primary N) is 1. The van der Waals surface area contributed by atoms with Gasteiger partial charge in [-0.25, -0.2) is 9.37 Å². The molecular formula is C30H30FN5O3. The number of allylic oxidation sites excluding steroid dienone is 1. The first-order valence-corrected chi connectivity index (χ1v) is 12.7. The van der Waals surface area contributed by atoms with Crippen molar-refractivity contribution < 1.29 is 19.4 Å². The molecule has 2 aromatic heterocycles. The highest BCUT2D eigenvalue weighted by Crippen LogP contribution is 2.39. The molecule has 8 nitrogen and oxygen atoms in total. The van der Waals surface area contributed by atoms with Crippen LogP contribution in [0.3, 0.4) is 0 Å². The van der Waals surface area contributed by atoms with Crippen molar-refractivity contribution in [2.75, 3.05) is 18.5 Å². The molecular weight excluding hydrogens is 497 g/mol. The number of halogens is 1. The lowest BCUT2D eigenvalue weighted by Crippen LogP contribution is -2.28. The molecule has 200 valence electrons. The lowest BCUT2D eigenvalue weighted by Gasteiger charge is -2.18. The standard InChI is InChI=1S/C29H27FN4O2.CH3NO/c1-17-9-11-20(14-24(17)31-19(15-35)16-36)34-26-7-3-2-5-21(26)28-22(6-4-8-27(28)34)29-32-23-12-10-18(30)13-25(23)33-29;2-1-3/h2-9,11,13-14,19,31,35-36H,10,12,15-16H2,1H3,(H,32,33);1H,(H2,2,3). The number of hydrogen-bond acceptors (Lipinski definition) is 5. The van der Waals surface area contributed by atoms with Crippen LogP contribution in [0.2, 0.25) is 0 Å². The van der Waals surface area contributed by atoms with Gasteiger partial charge in [0, 0.05) is 39.8 Å².